The lowest BCUT2D eigenvalue weighted by atomic mass is 10.0. The van der Waals surface area contributed by atoms with E-state index >= 15 is 0 Å². The van der Waals surface area contributed by atoms with Gasteiger partial charge in [0.1, 0.15) is 11.6 Å². The van der Waals surface area contributed by atoms with Crippen LogP contribution in [0.15, 0.2) is 71.6 Å². The van der Waals surface area contributed by atoms with E-state index in [0.717, 1.165) is 35.7 Å². The number of rotatable bonds is 8. The highest BCUT2D eigenvalue weighted by molar-refractivity contribution is 7.89. The highest BCUT2D eigenvalue weighted by atomic mass is 32.2. The van der Waals surface area contributed by atoms with Gasteiger partial charge in [-0.2, -0.15) is 0 Å². The first-order valence-corrected chi connectivity index (χ1v) is 11.2. The van der Waals surface area contributed by atoms with Crippen molar-refractivity contribution in [3.63, 3.8) is 0 Å². The Kier molecular flexibility index (Phi) is 5.60. The van der Waals surface area contributed by atoms with Crippen LogP contribution in [0.25, 0.3) is 0 Å². The molecule has 0 bridgehead atoms. The van der Waals surface area contributed by atoms with Crippen LogP contribution in [-0.2, 0) is 16.4 Å². The Morgan fingerprint density at radius 1 is 1.00 bits per heavy atom. The molecule has 1 atom stereocenters. The van der Waals surface area contributed by atoms with Crippen molar-refractivity contribution in [3.8, 4) is 0 Å². The summed E-state index contributed by atoms with van der Waals surface area (Å²) in [5.41, 5.74) is 1.71. The molecule has 1 aromatic heterocycles. The molecule has 1 aliphatic carbocycles. The largest absolute Gasteiger partial charge is 0.373 e. The second kappa shape index (κ2) is 8.31. The van der Waals surface area contributed by atoms with E-state index in [4.69, 9.17) is 4.98 Å². The summed E-state index contributed by atoms with van der Waals surface area (Å²) in [5.74, 6) is 2.01. The SMILES string of the molecule is CNc1cc(CC(NS(=O)(=O)c2ccccc2)c2ccccc2)nc(C2CC2)n1. The number of nitrogens with zero attached hydrogens (tertiary/aromatic N) is 2. The number of sulfonamides is 1. The first kappa shape index (κ1) is 19.5. The molecule has 0 amide bonds. The van der Waals surface area contributed by atoms with Crippen molar-refractivity contribution in [1.82, 2.24) is 14.7 Å². The summed E-state index contributed by atoms with van der Waals surface area (Å²) < 4.78 is 28.8. The first-order valence-electron chi connectivity index (χ1n) is 9.73. The first-order chi connectivity index (χ1) is 14.0. The van der Waals surface area contributed by atoms with E-state index in [-0.39, 0.29) is 4.90 Å². The number of aromatic nitrogens is 2. The standard InChI is InChI=1S/C22H24N4O2S/c1-23-21-15-18(24-22(25-21)17-12-13-17)14-20(16-8-4-2-5-9-16)26-29(27,28)19-10-6-3-7-11-19/h2-11,15,17,20,26H,12-14H2,1H3,(H,23,24,25). The second-order valence-electron chi connectivity index (χ2n) is 7.23. The lowest BCUT2D eigenvalue weighted by Gasteiger charge is -2.20. The topological polar surface area (TPSA) is 84.0 Å². The van der Waals surface area contributed by atoms with E-state index in [1.54, 1.807) is 30.3 Å². The van der Waals surface area contributed by atoms with Gasteiger partial charge in [0.25, 0.3) is 0 Å². The van der Waals surface area contributed by atoms with Crippen LogP contribution in [0.4, 0.5) is 5.82 Å². The van der Waals surface area contributed by atoms with Gasteiger partial charge in [-0.3, -0.25) is 0 Å². The summed E-state index contributed by atoms with van der Waals surface area (Å²) in [5, 5.41) is 3.09. The molecular formula is C22H24N4O2S. The number of anilines is 1. The van der Waals surface area contributed by atoms with Crippen LogP contribution >= 0.6 is 0 Å². The zero-order valence-corrected chi connectivity index (χ0v) is 17.1. The maximum absolute atomic E-state index is 13.0. The van der Waals surface area contributed by atoms with Crippen molar-refractivity contribution >= 4 is 15.8 Å². The van der Waals surface area contributed by atoms with Gasteiger partial charge in [0, 0.05) is 31.1 Å². The van der Waals surface area contributed by atoms with Gasteiger partial charge < -0.3 is 5.32 Å². The average molecular weight is 409 g/mol. The van der Waals surface area contributed by atoms with Crippen LogP contribution in [0.2, 0.25) is 0 Å². The van der Waals surface area contributed by atoms with Gasteiger partial charge >= 0.3 is 0 Å². The normalized spacial score (nSPS) is 15.1. The zero-order valence-electron chi connectivity index (χ0n) is 16.2. The summed E-state index contributed by atoms with van der Waals surface area (Å²) in [6, 6.07) is 19.5. The van der Waals surface area contributed by atoms with Crippen LogP contribution in [0, 0.1) is 0 Å². The van der Waals surface area contributed by atoms with E-state index in [2.05, 4.69) is 15.0 Å². The number of hydrogen-bond acceptors (Lipinski definition) is 5. The van der Waals surface area contributed by atoms with Crippen molar-refractivity contribution in [2.45, 2.75) is 36.1 Å². The lowest BCUT2D eigenvalue weighted by Crippen LogP contribution is -2.30. The van der Waals surface area contributed by atoms with Gasteiger partial charge in [-0.1, -0.05) is 48.5 Å². The monoisotopic (exact) mass is 408 g/mol. The molecule has 2 N–H and O–H groups in total. The Bertz CT molecular complexity index is 1070. The molecule has 1 heterocycles. The fourth-order valence-electron chi connectivity index (χ4n) is 3.25. The predicted octanol–water partition coefficient (Wildman–Crippen LogP) is 3.66. The molecule has 1 fully saturated rings. The molecule has 150 valence electrons. The van der Waals surface area contributed by atoms with Gasteiger partial charge in [-0.25, -0.2) is 23.1 Å². The van der Waals surface area contributed by atoms with Gasteiger partial charge in [-0.05, 0) is 30.5 Å². The van der Waals surface area contributed by atoms with Gasteiger partial charge in [0.15, 0.2) is 0 Å². The Morgan fingerprint density at radius 2 is 1.66 bits per heavy atom. The molecule has 29 heavy (non-hydrogen) atoms. The molecule has 0 aliphatic heterocycles. The fourth-order valence-corrected chi connectivity index (χ4v) is 4.50. The van der Waals surface area contributed by atoms with Crippen LogP contribution < -0.4 is 10.0 Å². The minimum absolute atomic E-state index is 0.248. The molecular weight excluding hydrogens is 384 g/mol. The molecule has 1 unspecified atom stereocenters. The third kappa shape index (κ3) is 4.81. The zero-order chi connectivity index (χ0) is 20.3. The minimum atomic E-state index is -3.67. The maximum atomic E-state index is 13.0. The minimum Gasteiger partial charge on any atom is -0.373 e. The fraction of sp³-hybridized carbons (Fsp3) is 0.273. The summed E-state index contributed by atoms with van der Waals surface area (Å²) >= 11 is 0. The maximum Gasteiger partial charge on any atom is 0.241 e. The summed E-state index contributed by atoms with van der Waals surface area (Å²) in [4.78, 5) is 9.53. The predicted molar refractivity (Wildman–Crippen MR) is 113 cm³/mol. The van der Waals surface area contributed by atoms with Crippen LogP contribution in [0.5, 0.6) is 0 Å². The Labute approximate surface area is 171 Å². The van der Waals surface area contributed by atoms with E-state index in [9.17, 15) is 8.42 Å². The van der Waals surface area contributed by atoms with E-state index in [1.165, 1.54) is 0 Å². The summed E-state index contributed by atoms with van der Waals surface area (Å²) in [6.07, 6.45) is 2.65. The van der Waals surface area contributed by atoms with Gasteiger partial charge in [0.2, 0.25) is 10.0 Å². The smallest absolute Gasteiger partial charge is 0.241 e. The molecule has 0 saturated heterocycles. The van der Waals surface area contributed by atoms with Crippen LogP contribution in [0.3, 0.4) is 0 Å². The van der Waals surface area contributed by atoms with Gasteiger partial charge in [-0.15, -0.1) is 0 Å². The Morgan fingerprint density at radius 3 is 2.28 bits per heavy atom. The second-order valence-corrected chi connectivity index (χ2v) is 8.94. The quantitative estimate of drug-likeness (QED) is 0.594. The van der Waals surface area contributed by atoms with Crippen LogP contribution in [-0.4, -0.2) is 25.4 Å². The molecule has 3 aromatic rings. The van der Waals surface area contributed by atoms with Crippen molar-refractivity contribution < 1.29 is 8.42 Å². The Balaban J connectivity index is 1.66. The van der Waals surface area contributed by atoms with Crippen molar-refractivity contribution in [3.05, 3.63) is 83.8 Å². The third-order valence-corrected chi connectivity index (χ3v) is 6.45. The highest BCUT2D eigenvalue weighted by Crippen LogP contribution is 2.38. The number of nitrogens with one attached hydrogen (secondary N) is 2. The summed E-state index contributed by atoms with van der Waals surface area (Å²) in [7, 11) is -1.84. The molecule has 1 aliphatic rings. The molecule has 4 rings (SSSR count). The molecule has 0 spiro atoms. The molecule has 6 nitrogen and oxygen atoms in total. The van der Waals surface area contributed by atoms with Crippen molar-refractivity contribution in [1.29, 1.82) is 0 Å². The summed E-state index contributed by atoms with van der Waals surface area (Å²) in [6.45, 7) is 0. The average Bonchev–Trinajstić information content (AvgIpc) is 3.60. The van der Waals surface area contributed by atoms with E-state index in [1.807, 2.05) is 43.4 Å². The highest BCUT2D eigenvalue weighted by Gasteiger charge is 2.28. The van der Waals surface area contributed by atoms with Crippen LogP contribution in [0.1, 0.15) is 41.9 Å². The van der Waals surface area contributed by atoms with E-state index < -0.39 is 16.1 Å². The van der Waals surface area contributed by atoms with Gasteiger partial charge in [0.05, 0.1) is 10.9 Å². The molecule has 1 saturated carbocycles. The Hall–Kier alpha value is -2.77. The van der Waals surface area contributed by atoms with Crippen molar-refractivity contribution in [2.75, 3.05) is 12.4 Å². The lowest BCUT2D eigenvalue weighted by molar-refractivity contribution is 0.552. The number of hydrogen-bond donors (Lipinski definition) is 2. The molecule has 0 radical (unpaired) electrons. The van der Waals surface area contributed by atoms with E-state index in [0.29, 0.717) is 12.3 Å². The molecule has 2 aromatic carbocycles. The third-order valence-electron chi connectivity index (χ3n) is 4.96. The molecule has 7 heteroatoms. The number of benzene rings is 2. The van der Waals surface area contributed by atoms with Crippen molar-refractivity contribution in [2.24, 2.45) is 0 Å².